The Hall–Kier alpha value is -2.11. The predicted molar refractivity (Wildman–Crippen MR) is 68.1 cm³/mol. The van der Waals surface area contributed by atoms with Crippen molar-refractivity contribution in [2.45, 2.75) is 19.8 Å². The molecule has 6 nitrogen and oxygen atoms in total. The summed E-state index contributed by atoms with van der Waals surface area (Å²) in [6.45, 7) is 3.03. The Morgan fingerprint density at radius 2 is 2.33 bits per heavy atom. The Morgan fingerprint density at radius 3 is 3.00 bits per heavy atom. The molecule has 18 heavy (non-hydrogen) atoms. The van der Waals surface area contributed by atoms with E-state index in [1.54, 1.807) is 10.7 Å². The first kappa shape index (κ1) is 12.3. The van der Waals surface area contributed by atoms with Crippen molar-refractivity contribution in [1.82, 2.24) is 14.6 Å². The molecule has 0 bridgehead atoms. The summed E-state index contributed by atoms with van der Waals surface area (Å²) < 4.78 is 1.57. The van der Waals surface area contributed by atoms with Gasteiger partial charge in [0.1, 0.15) is 11.4 Å². The Balaban J connectivity index is 2.43. The Bertz CT molecular complexity index is 564. The Labute approximate surface area is 105 Å². The topological polar surface area (TPSA) is 70.7 Å². The van der Waals surface area contributed by atoms with Crippen LogP contribution in [-0.2, 0) is 0 Å². The third-order valence-corrected chi connectivity index (χ3v) is 2.85. The Morgan fingerprint density at radius 1 is 1.56 bits per heavy atom. The molecule has 0 aromatic carbocycles. The van der Waals surface area contributed by atoms with E-state index >= 15 is 0 Å². The van der Waals surface area contributed by atoms with Gasteiger partial charge < -0.3 is 10.0 Å². The first-order valence-corrected chi connectivity index (χ1v) is 5.92. The molecule has 0 unspecified atom stereocenters. The summed E-state index contributed by atoms with van der Waals surface area (Å²) in [6, 6.07) is 1.83. The number of carboxylic acid groups (broad SMARTS) is 1. The normalized spacial score (nSPS) is 10.8. The largest absolute Gasteiger partial charge is 0.477 e. The molecule has 0 radical (unpaired) electrons. The third-order valence-electron chi connectivity index (χ3n) is 2.85. The highest BCUT2D eigenvalue weighted by atomic mass is 16.4. The zero-order valence-corrected chi connectivity index (χ0v) is 10.5. The molecule has 2 aromatic rings. The van der Waals surface area contributed by atoms with Crippen molar-refractivity contribution < 1.29 is 9.90 Å². The van der Waals surface area contributed by atoms with Gasteiger partial charge in [0.2, 0.25) is 0 Å². The van der Waals surface area contributed by atoms with Crippen LogP contribution >= 0.6 is 0 Å². The number of carboxylic acids is 1. The highest BCUT2D eigenvalue weighted by Crippen LogP contribution is 2.16. The lowest BCUT2D eigenvalue weighted by Crippen LogP contribution is -2.21. The molecule has 1 N–H and O–H groups in total. The fraction of sp³-hybridized carbons (Fsp3) is 0.417. The molecular weight excluding hydrogens is 232 g/mol. The van der Waals surface area contributed by atoms with Gasteiger partial charge in [-0.05, 0) is 12.5 Å². The zero-order chi connectivity index (χ0) is 13.1. The van der Waals surface area contributed by atoms with E-state index in [1.165, 1.54) is 6.20 Å². The smallest absolute Gasteiger partial charge is 0.341 e. The van der Waals surface area contributed by atoms with E-state index in [0.717, 1.165) is 25.2 Å². The molecule has 0 fully saturated rings. The predicted octanol–water partition coefficient (Wildman–Crippen LogP) is 1.66. The second kappa shape index (κ2) is 5.03. The van der Waals surface area contributed by atoms with Gasteiger partial charge >= 0.3 is 5.97 Å². The summed E-state index contributed by atoms with van der Waals surface area (Å²) >= 11 is 0. The summed E-state index contributed by atoms with van der Waals surface area (Å²) in [4.78, 5) is 17.2. The molecule has 0 aliphatic heterocycles. The number of hydrogen-bond acceptors (Lipinski definition) is 4. The van der Waals surface area contributed by atoms with E-state index in [1.807, 2.05) is 13.1 Å². The lowest BCUT2D eigenvalue weighted by Gasteiger charge is -2.19. The van der Waals surface area contributed by atoms with Crippen LogP contribution in [0.15, 0.2) is 18.5 Å². The molecule has 0 aliphatic rings. The first-order chi connectivity index (χ1) is 8.65. The van der Waals surface area contributed by atoms with Crippen LogP contribution in [0.2, 0.25) is 0 Å². The Kier molecular flexibility index (Phi) is 3.45. The van der Waals surface area contributed by atoms with Crippen LogP contribution in [0.3, 0.4) is 0 Å². The molecule has 0 amide bonds. The van der Waals surface area contributed by atoms with E-state index < -0.39 is 5.97 Å². The molecule has 0 spiro atoms. The van der Waals surface area contributed by atoms with E-state index in [-0.39, 0.29) is 5.56 Å². The van der Waals surface area contributed by atoms with Crippen molar-refractivity contribution in [3.8, 4) is 0 Å². The molecule has 0 saturated carbocycles. The molecule has 0 aliphatic carbocycles. The SMILES string of the molecule is CCCCN(C)c1ccnc2c(C(=O)O)cnn12. The fourth-order valence-electron chi connectivity index (χ4n) is 1.83. The highest BCUT2D eigenvalue weighted by Gasteiger charge is 2.15. The van der Waals surface area contributed by atoms with Gasteiger partial charge in [-0.3, -0.25) is 0 Å². The average Bonchev–Trinajstić information content (AvgIpc) is 2.79. The maximum absolute atomic E-state index is 11.0. The van der Waals surface area contributed by atoms with Crippen LogP contribution in [0.1, 0.15) is 30.1 Å². The number of fused-ring (bicyclic) bond motifs is 1. The van der Waals surface area contributed by atoms with E-state index in [2.05, 4.69) is 21.9 Å². The molecule has 2 heterocycles. The van der Waals surface area contributed by atoms with Gasteiger partial charge in [-0.25, -0.2) is 9.78 Å². The molecular formula is C12H16N4O2. The van der Waals surface area contributed by atoms with Crippen molar-refractivity contribution in [2.24, 2.45) is 0 Å². The number of carbonyl (C=O) groups is 1. The van der Waals surface area contributed by atoms with E-state index in [4.69, 9.17) is 5.11 Å². The van der Waals surface area contributed by atoms with Crippen LogP contribution in [-0.4, -0.2) is 39.3 Å². The van der Waals surface area contributed by atoms with E-state index in [9.17, 15) is 4.79 Å². The fourth-order valence-corrected chi connectivity index (χ4v) is 1.83. The molecule has 6 heteroatoms. The van der Waals surface area contributed by atoms with Crippen molar-refractivity contribution in [1.29, 1.82) is 0 Å². The van der Waals surface area contributed by atoms with Crippen LogP contribution < -0.4 is 4.90 Å². The quantitative estimate of drug-likeness (QED) is 0.871. The van der Waals surface area contributed by atoms with Gasteiger partial charge in [-0.1, -0.05) is 13.3 Å². The van der Waals surface area contributed by atoms with Crippen molar-refractivity contribution in [3.63, 3.8) is 0 Å². The zero-order valence-electron chi connectivity index (χ0n) is 10.5. The summed E-state index contributed by atoms with van der Waals surface area (Å²) in [5.41, 5.74) is 0.504. The number of rotatable bonds is 5. The summed E-state index contributed by atoms with van der Waals surface area (Å²) in [7, 11) is 1.96. The molecule has 0 saturated heterocycles. The van der Waals surface area contributed by atoms with Crippen molar-refractivity contribution in [2.75, 3.05) is 18.5 Å². The monoisotopic (exact) mass is 248 g/mol. The number of hydrogen-bond donors (Lipinski definition) is 1. The first-order valence-electron chi connectivity index (χ1n) is 5.92. The van der Waals surface area contributed by atoms with Crippen LogP contribution in [0.25, 0.3) is 5.65 Å². The number of aromatic carboxylic acids is 1. The van der Waals surface area contributed by atoms with Crippen LogP contribution in [0.4, 0.5) is 5.82 Å². The number of nitrogens with zero attached hydrogens (tertiary/aromatic N) is 4. The number of unbranched alkanes of at least 4 members (excludes halogenated alkanes) is 1. The molecule has 0 atom stereocenters. The standard InChI is InChI=1S/C12H16N4O2/c1-3-4-7-15(2)10-5-6-13-11-9(12(17)18)8-14-16(10)11/h5-6,8H,3-4,7H2,1-2H3,(H,17,18). The minimum atomic E-state index is -1.01. The van der Waals surface area contributed by atoms with Crippen LogP contribution in [0.5, 0.6) is 0 Å². The second-order valence-electron chi connectivity index (χ2n) is 4.18. The van der Waals surface area contributed by atoms with Crippen LogP contribution in [0, 0.1) is 0 Å². The highest BCUT2D eigenvalue weighted by molar-refractivity contribution is 5.94. The van der Waals surface area contributed by atoms with Crippen molar-refractivity contribution >= 4 is 17.4 Å². The van der Waals surface area contributed by atoms with Crippen molar-refractivity contribution in [3.05, 3.63) is 24.0 Å². The summed E-state index contributed by atoms with van der Waals surface area (Å²) in [6.07, 6.45) is 5.13. The second-order valence-corrected chi connectivity index (χ2v) is 4.18. The lowest BCUT2D eigenvalue weighted by molar-refractivity contribution is 0.0699. The minimum absolute atomic E-state index is 0.126. The molecule has 2 rings (SSSR count). The maximum atomic E-state index is 11.0. The van der Waals surface area contributed by atoms with Gasteiger partial charge in [0, 0.05) is 19.8 Å². The van der Waals surface area contributed by atoms with Gasteiger partial charge in [-0.15, -0.1) is 0 Å². The molecule has 96 valence electrons. The third kappa shape index (κ3) is 2.13. The summed E-state index contributed by atoms with van der Waals surface area (Å²) in [5.74, 6) is -0.160. The van der Waals surface area contributed by atoms with E-state index in [0.29, 0.717) is 5.65 Å². The van der Waals surface area contributed by atoms with Gasteiger partial charge in [0.25, 0.3) is 0 Å². The van der Waals surface area contributed by atoms with Gasteiger partial charge in [0.15, 0.2) is 5.65 Å². The van der Waals surface area contributed by atoms with Gasteiger partial charge in [0.05, 0.1) is 6.20 Å². The average molecular weight is 248 g/mol. The maximum Gasteiger partial charge on any atom is 0.341 e. The lowest BCUT2D eigenvalue weighted by atomic mass is 10.3. The summed E-state index contributed by atoms with van der Waals surface area (Å²) in [5, 5.41) is 13.1. The number of anilines is 1. The molecule has 2 aromatic heterocycles. The van der Waals surface area contributed by atoms with Gasteiger partial charge in [-0.2, -0.15) is 9.61 Å². The minimum Gasteiger partial charge on any atom is -0.477 e. The number of aromatic nitrogens is 3.